The first-order valence-electron chi connectivity index (χ1n) is 5.63. The fourth-order valence-electron chi connectivity index (χ4n) is 1.83. The number of hydrogen-bond donors (Lipinski definition) is 1. The standard InChI is InChI=1S/C12H20N2O2/c1-11(2,3)14(8-10(15)16)9-12(4-5-12)6-7-13/h4-6,8-9H2,1-3H3,(H,15,16). The Labute approximate surface area is 96.9 Å². The first-order valence-corrected chi connectivity index (χ1v) is 5.63. The first kappa shape index (κ1) is 13.0. The van der Waals surface area contributed by atoms with Gasteiger partial charge in [-0.05, 0) is 39.0 Å². The molecular weight excluding hydrogens is 204 g/mol. The zero-order chi connectivity index (χ0) is 12.4. The van der Waals surface area contributed by atoms with Crippen molar-refractivity contribution >= 4 is 5.97 Å². The molecule has 1 aliphatic carbocycles. The molecule has 1 fully saturated rings. The van der Waals surface area contributed by atoms with E-state index >= 15 is 0 Å². The second-order valence-electron chi connectivity index (χ2n) is 5.76. The quantitative estimate of drug-likeness (QED) is 0.774. The fourth-order valence-corrected chi connectivity index (χ4v) is 1.83. The van der Waals surface area contributed by atoms with Crippen molar-refractivity contribution in [2.45, 2.75) is 45.6 Å². The highest BCUT2D eigenvalue weighted by atomic mass is 16.4. The average molecular weight is 224 g/mol. The van der Waals surface area contributed by atoms with E-state index in [1.807, 2.05) is 25.7 Å². The van der Waals surface area contributed by atoms with Crippen molar-refractivity contribution in [2.75, 3.05) is 13.1 Å². The van der Waals surface area contributed by atoms with Gasteiger partial charge in [-0.25, -0.2) is 0 Å². The molecule has 0 unspecified atom stereocenters. The molecule has 0 aromatic heterocycles. The summed E-state index contributed by atoms with van der Waals surface area (Å²) >= 11 is 0. The minimum atomic E-state index is -0.803. The van der Waals surface area contributed by atoms with E-state index in [2.05, 4.69) is 6.07 Å². The number of hydrogen-bond acceptors (Lipinski definition) is 3. The molecule has 90 valence electrons. The second-order valence-corrected chi connectivity index (χ2v) is 5.76. The van der Waals surface area contributed by atoms with E-state index in [1.165, 1.54) is 0 Å². The van der Waals surface area contributed by atoms with E-state index < -0.39 is 5.97 Å². The van der Waals surface area contributed by atoms with Crippen LogP contribution in [-0.2, 0) is 4.79 Å². The number of carbonyl (C=O) groups is 1. The summed E-state index contributed by atoms with van der Waals surface area (Å²) < 4.78 is 0. The van der Waals surface area contributed by atoms with Crippen molar-refractivity contribution in [2.24, 2.45) is 5.41 Å². The molecule has 0 bridgehead atoms. The zero-order valence-electron chi connectivity index (χ0n) is 10.3. The normalized spacial score (nSPS) is 18.2. The summed E-state index contributed by atoms with van der Waals surface area (Å²) in [6.07, 6.45) is 2.64. The Morgan fingerprint density at radius 2 is 2.06 bits per heavy atom. The minimum Gasteiger partial charge on any atom is -0.480 e. The molecule has 4 nitrogen and oxygen atoms in total. The molecule has 0 amide bonds. The molecule has 1 saturated carbocycles. The molecule has 1 rings (SSSR count). The monoisotopic (exact) mass is 224 g/mol. The van der Waals surface area contributed by atoms with Crippen LogP contribution in [0.25, 0.3) is 0 Å². The van der Waals surface area contributed by atoms with Gasteiger partial charge >= 0.3 is 5.97 Å². The van der Waals surface area contributed by atoms with E-state index in [4.69, 9.17) is 10.4 Å². The van der Waals surface area contributed by atoms with E-state index in [9.17, 15) is 4.79 Å². The van der Waals surface area contributed by atoms with Crippen LogP contribution in [0.3, 0.4) is 0 Å². The van der Waals surface area contributed by atoms with Crippen LogP contribution in [0.4, 0.5) is 0 Å². The lowest BCUT2D eigenvalue weighted by molar-refractivity contribution is -0.140. The Morgan fingerprint density at radius 3 is 2.38 bits per heavy atom. The molecule has 0 radical (unpaired) electrons. The van der Waals surface area contributed by atoms with Crippen LogP contribution < -0.4 is 0 Å². The Bertz CT molecular complexity index is 308. The highest BCUT2D eigenvalue weighted by Crippen LogP contribution is 2.49. The summed E-state index contributed by atoms with van der Waals surface area (Å²) in [6.45, 7) is 6.81. The molecule has 0 saturated heterocycles. The maximum Gasteiger partial charge on any atom is 0.317 e. The van der Waals surface area contributed by atoms with Gasteiger partial charge < -0.3 is 5.11 Å². The Morgan fingerprint density at radius 1 is 1.50 bits per heavy atom. The highest BCUT2D eigenvalue weighted by Gasteiger charge is 2.45. The topological polar surface area (TPSA) is 64.3 Å². The minimum absolute atomic E-state index is 0.0523. The molecule has 16 heavy (non-hydrogen) atoms. The smallest absolute Gasteiger partial charge is 0.317 e. The summed E-state index contributed by atoms with van der Waals surface area (Å²) in [5.41, 5.74) is -0.0963. The maximum atomic E-state index is 10.8. The SMILES string of the molecule is CC(C)(C)N(CC(=O)O)CC1(CC#N)CC1. The summed E-state index contributed by atoms with van der Waals surface area (Å²) in [6, 6.07) is 2.21. The van der Waals surface area contributed by atoms with E-state index in [0.29, 0.717) is 6.42 Å². The third-order valence-electron chi connectivity index (χ3n) is 3.21. The number of nitriles is 1. The molecule has 0 aliphatic heterocycles. The zero-order valence-corrected chi connectivity index (χ0v) is 10.3. The fraction of sp³-hybridized carbons (Fsp3) is 0.833. The largest absolute Gasteiger partial charge is 0.480 e. The van der Waals surface area contributed by atoms with Gasteiger partial charge in [0.05, 0.1) is 12.6 Å². The van der Waals surface area contributed by atoms with Crippen molar-refractivity contribution in [3.05, 3.63) is 0 Å². The highest BCUT2D eigenvalue weighted by molar-refractivity contribution is 5.69. The number of carboxylic acid groups (broad SMARTS) is 1. The molecule has 1 N–H and O–H groups in total. The van der Waals surface area contributed by atoms with Crippen LogP contribution in [0.1, 0.15) is 40.0 Å². The van der Waals surface area contributed by atoms with Gasteiger partial charge in [-0.1, -0.05) is 0 Å². The predicted octanol–water partition coefficient (Wildman–Crippen LogP) is 1.87. The number of aliphatic carboxylic acids is 1. The van der Waals surface area contributed by atoms with Crippen molar-refractivity contribution in [1.29, 1.82) is 5.26 Å². The van der Waals surface area contributed by atoms with Gasteiger partial charge in [0.1, 0.15) is 0 Å². The van der Waals surface area contributed by atoms with Gasteiger partial charge in [-0.2, -0.15) is 5.26 Å². The summed E-state index contributed by atoms with van der Waals surface area (Å²) in [5, 5.41) is 17.6. The van der Waals surface area contributed by atoms with Crippen molar-refractivity contribution in [1.82, 2.24) is 4.90 Å². The van der Waals surface area contributed by atoms with Gasteiger partial charge in [0.25, 0.3) is 0 Å². The Hall–Kier alpha value is -1.08. The lowest BCUT2D eigenvalue weighted by Crippen LogP contribution is -2.47. The molecule has 0 aromatic carbocycles. The van der Waals surface area contributed by atoms with Crippen molar-refractivity contribution in [3.8, 4) is 6.07 Å². The molecular formula is C12H20N2O2. The summed E-state index contributed by atoms with van der Waals surface area (Å²) in [7, 11) is 0. The third kappa shape index (κ3) is 3.49. The molecule has 0 spiro atoms. The van der Waals surface area contributed by atoms with Gasteiger partial charge in [-0.3, -0.25) is 9.69 Å². The van der Waals surface area contributed by atoms with Crippen LogP contribution in [0, 0.1) is 16.7 Å². The summed E-state index contributed by atoms with van der Waals surface area (Å²) in [4.78, 5) is 12.8. The predicted molar refractivity (Wildman–Crippen MR) is 60.9 cm³/mol. The van der Waals surface area contributed by atoms with Gasteiger partial charge in [-0.15, -0.1) is 0 Å². The third-order valence-corrected chi connectivity index (χ3v) is 3.21. The van der Waals surface area contributed by atoms with E-state index in [0.717, 1.165) is 19.4 Å². The van der Waals surface area contributed by atoms with Crippen LogP contribution in [0.5, 0.6) is 0 Å². The summed E-state index contributed by atoms with van der Waals surface area (Å²) in [5.74, 6) is -0.803. The molecule has 0 heterocycles. The van der Waals surface area contributed by atoms with Gasteiger partial charge in [0, 0.05) is 18.5 Å². The molecule has 0 atom stereocenters. The van der Waals surface area contributed by atoms with Gasteiger partial charge in [0.15, 0.2) is 0 Å². The van der Waals surface area contributed by atoms with E-state index in [1.54, 1.807) is 0 Å². The van der Waals surface area contributed by atoms with Gasteiger partial charge in [0.2, 0.25) is 0 Å². The van der Waals surface area contributed by atoms with Crippen molar-refractivity contribution < 1.29 is 9.90 Å². The maximum absolute atomic E-state index is 10.8. The number of carboxylic acids is 1. The molecule has 0 aromatic rings. The molecule has 1 aliphatic rings. The Kier molecular flexibility index (Phi) is 3.59. The van der Waals surface area contributed by atoms with Crippen LogP contribution >= 0.6 is 0 Å². The lowest BCUT2D eigenvalue weighted by Gasteiger charge is -2.36. The van der Waals surface area contributed by atoms with Crippen LogP contribution in [0.2, 0.25) is 0 Å². The van der Waals surface area contributed by atoms with Crippen LogP contribution in [0.15, 0.2) is 0 Å². The number of nitrogens with zero attached hydrogens (tertiary/aromatic N) is 2. The molecule has 4 heteroatoms. The number of rotatable bonds is 5. The lowest BCUT2D eigenvalue weighted by atomic mass is 9.98. The average Bonchev–Trinajstić information content (AvgIpc) is 2.82. The van der Waals surface area contributed by atoms with Crippen molar-refractivity contribution in [3.63, 3.8) is 0 Å². The second kappa shape index (κ2) is 4.42. The Balaban J connectivity index is 2.65. The van der Waals surface area contributed by atoms with E-state index in [-0.39, 0.29) is 17.5 Å². The van der Waals surface area contributed by atoms with Crippen LogP contribution in [-0.4, -0.2) is 34.6 Å². The first-order chi connectivity index (χ1) is 7.29.